The summed E-state index contributed by atoms with van der Waals surface area (Å²) < 4.78 is 8.59. The molecule has 0 unspecified atom stereocenters. The molecule has 1 heterocycles. The van der Waals surface area contributed by atoms with Crippen LogP contribution in [0.3, 0.4) is 0 Å². The number of halogens is 1. The Balaban J connectivity index is 1.85. The van der Waals surface area contributed by atoms with Crippen LogP contribution in [0.15, 0.2) is 59.1 Å². The van der Waals surface area contributed by atoms with Crippen LogP contribution >= 0.6 is 15.9 Å². The van der Waals surface area contributed by atoms with Crippen LogP contribution in [0.25, 0.3) is 11.0 Å². The van der Waals surface area contributed by atoms with Crippen molar-refractivity contribution in [1.29, 1.82) is 0 Å². The Labute approximate surface area is 207 Å². The minimum absolute atomic E-state index is 0.119. The maximum absolute atomic E-state index is 11.8. The molecular formula is C26H28BrN5O2. The van der Waals surface area contributed by atoms with Crippen LogP contribution in [0.4, 0.5) is 23.0 Å². The molecule has 7 nitrogen and oxygen atoms in total. The van der Waals surface area contributed by atoms with Gasteiger partial charge in [0.25, 0.3) is 0 Å². The van der Waals surface area contributed by atoms with E-state index in [9.17, 15) is 4.79 Å². The number of rotatable bonds is 7. The largest absolute Gasteiger partial charge is 0.495 e. The van der Waals surface area contributed by atoms with E-state index in [0.29, 0.717) is 11.5 Å². The summed E-state index contributed by atoms with van der Waals surface area (Å²) in [5, 5.41) is 3.46. The average molecular weight is 522 g/mol. The first-order valence-electron chi connectivity index (χ1n) is 11.0. The average Bonchev–Trinajstić information content (AvgIpc) is 3.11. The zero-order valence-electron chi connectivity index (χ0n) is 19.9. The number of nitrogens with zero attached hydrogens (tertiary/aromatic N) is 3. The highest BCUT2D eigenvalue weighted by molar-refractivity contribution is 9.10. The third kappa shape index (κ3) is 4.33. The van der Waals surface area contributed by atoms with Crippen LogP contribution in [0.5, 0.6) is 5.75 Å². The van der Waals surface area contributed by atoms with Crippen LogP contribution in [-0.4, -0.2) is 28.6 Å². The molecule has 8 heteroatoms. The number of benzene rings is 3. The molecule has 4 aromatic rings. The minimum atomic E-state index is -0.449. The van der Waals surface area contributed by atoms with Crippen molar-refractivity contribution in [3.8, 4) is 5.75 Å². The van der Waals surface area contributed by atoms with Gasteiger partial charge in [-0.25, -0.2) is 4.98 Å². The van der Waals surface area contributed by atoms with Gasteiger partial charge in [0.1, 0.15) is 5.75 Å². The molecule has 0 aliphatic carbocycles. The van der Waals surface area contributed by atoms with Crippen molar-refractivity contribution in [2.45, 2.75) is 26.8 Å². The van der Waals surface area contributed by atoms with E-state index in [4.69, 9.17) is 15.5 Å². The fourth-order valence-electron chi connectivity index (χ4n) is 4.22. The van der Waals surface area contributed by atoms with Crippen LogP contribution < -0.4 is 20.7 Å². The van der Waals surface area contributed by atoms with Crippen molar-refractivity contribution in [2.75, 3.05) is 17.3 Å². The van der Waals surface area contributed by atoms with Gasteiger partial charge in [-0.2, -0.15) is 0 Å². The van der Waals surface area contributed by atoms with Crippen LogP contribution in [-0.2, 0) is 7.05 Å². The highest BCUT2D eigenvalue weighted by Crippen LogP contribution is 2.38. The van der Waals surface area contributed by atoms with Gasteiger partial charge in [0, 0.05) is 28.8 Å². The van der Waals surface area contributed by atoms with E-state index in [1.54, 1.807) is 13.2 Å². The summed E-state index contributed by atoms with van der Waals surface area (Å²) in [6.07, 6.45) is 0. The number of nitrogens with one attached hydrogen (secondary N) is 1. The Kier molecular flexibility index (Phi) is 6.52. The Hall–Kier alpha value is -3.52. The number of hydrogen-bond donors (Lipinski definition) is 2. The summed E-state index contributed by atoms with van der Waals surface area (Å²) in [7, 11) is 3.64. The lowest BCUT2D eigenvalue weighted by molar-refractivity contribution is 0.100. The fraction of sp³-hybridized carbons (Fsp3) is 0.231. The van der Waals surface area contributed by atoms with E-state index in [1.165, 1.54) is 0 Å². The maximum Gasteiger partial charge on any atom is 0.248 e. The van der Waals surface area contributed by atoms with Gasteiger partial charge in [-0.05, 0) is 68.8 Å². The predicted octanol–water partition coefficient (Wildman–Crippen LogP) is 6.04. The SMILES string of the molecule is COc1cc(Br)cc(C)c1Nc1nc2cccc(N(c3cccc(C(N)=O)c3)C(C)C)c2n1C. The summed E-state index contributed by atoms with van der Waals surface area (Å²) >= 11 is 3.53. The molecule has 34 heavy (non-hydrogen) atoms. The first-order valence-corrected chi connectivity index (χ1v) is 11.8. The molecule has 0 atom stereocenters. The zero-order chi connectivity index (χ0) is 24.6. The topological polar surface area (TPSA) is 85.4 Å². The van der Waals surface area contributed by atoms with E-state index in [1.807, 2.05) is 61.0 Å². The highest BCUT2D eigenvalue weighted by atomic mass is 79.9. The number of anilines is 4. The minimum Gasteiger partial charge on any atom is -0.495 e. The molecule has 0 saturated heterocycles. The third-order valence-electron chi connectivity index (χ3n) is 5.78. The summed E-state index contributed by atoms with van der Waals surface area (Å²) in [4.78, 5) is 18.9. The Morgan fingerprint density at radius 2 is 1.91 bits per heavy atom. The number of imidazole rings is 1. The molecular weight excluding hydrogens is 494 g/mol. The number of hydrogen-bond acceptors (Lipinski definition) is 5. The number of methoxy groups -OCH3 is 1. The molecule has 3 N–H and O–H groups in total. The van der Waals surface area contributed by atoms with Gasteiger partial charge in [0.15, 0.2) is 0 Å². The van der Waals surface area contributed by atoms with E-state index in [2.05, 4.69) is 46.1 Å². The van der Waals surface area contributed by atoms with Gasteiger partial charge in [0.2, 0.25) is 11.9 Å². The van der Waals surface area contributed by atoms with Crippen molar-refractivity contribution < 1.29 is 9.53 Å². The zero-order valence-corrected chi connectivity index (χ0v) is 21.5. The third-order valence-corrected chi connectivity index (χ3v) is 6.24. The molecule has 0 aliphatic rings. The predicted molar refractivity (Wildman–Crippen MR) is 142 cm³/mol. The molecule has 0 saturated carbocycles. The number of amides is 1. The smallest absolute Gasteiger partial charge is 0.248 e. The maximum atomic E-state index is 11.8. The molecule has 176 valence electrons. The fourth-order valence-corrected chi connectivity index (χ4v) is 4.78. The highest BCUT2D eigenvalue weighted by Gasteiger charge is 2.21. The van der Waals surface area contributed by atoms with E-state index in [0.717, 1.165) is 43.9 Å². The van der Waals surface area contributed by atoms with Gasteiger partial charge in [-0.3, -0.25) is 4.79 Å². The number of aryl methyl sites for hydroxylation is 2. The van der Waals surface area contributed by atoms with Crippen molar-refractivity contribution in [3.63, 3.8) is 0 Å². The van der Waals surface area contributed by atoms with Crippen LogP contribution in [0.2, 0.25) is 0 Å². The first kappa shape index (κ1) is 23.6. The number of para-hydroxylation sites is 1. The lowest BCUT2D eigenvalue weighted by Gasteiger charge is -2.30. The number of aromatic nitrogens is 2. The molecule has 1 aromatic heterocycles. The number of ether oxygens (including phenoxy) is 1. The Morgan fingerprint density at radius 3 is 2.59 bits per heavy atom. The standard InChI is InChI=1S/C26H28BrN5O2/c1-15(2)32(19-9-6-8-17(13-19)25(28)33)21-11-7-10-20-24(21)31(4)26(29-20)30-23-16(3)12-18(27)14-22(23)34-5/h6-15H,1-5H3,(H2,28,33)(H,29,30). The van der Waals surface area contributed by atoms with Crippen LogP contribution in [0, 0.1) is 6.92 Å². The second-order valence-electron chi connectivity index (χ2n) is 8.44. The van der Waals surface area contributed by atoms with E-state index < -0.39 is 5.91 Å². The first-order chi connectivity index (χ1) is 16.2. The van der Waals surface area contributed by atoms with Crippen molar-refractivity contribution in [3.05, 3.63) is 70.2 Å². The van der Waals surface area contributed by atoms with Gasteiger partial charge in [-0.15, -0.1) is 0 Å². The number of nitrogens with two attached hydrogens (primary N) is 1. The molecule has 0 bridgehead atoms. The van der Waals surface area contributed by atoms with Crippen molar-refractivity contribution in [1.82, 2.24) is 9.55 Å². The Morgan fingerprint density at radius 1 is 1.18 bits per heavy atom. The molecule has 0 aliphatic heterocycles. The summed E-state index contributed by atoms with van der Waals surface area (Å²) in [5.74, 6) is 0.974. The lowest BCUT2D eigenvalue weighted by Crippen LogP contribution is -2.26. The molecule has 4 rings (SSSR count). The second-order valence-corrected chi connectivity index (χ2v) is 9.36. The number of carbonyl (C=O) groups is 1. The van der Waals surface area contributed by atoms with Crippen LogP contribution in [0.1, 0.15) is 29.8 Å². The second kappa shape index (κ2) is 9.38. The van der Waals surface area contributed by atoms with Gasteiger partial charge < -0.3 is 25.3 Å². The summed E-state index contributed by atoms with van der Waals surface area (Å²) in [6.45, 7) is 6.25. The van der Waals surface area contributed by atoms with Gasteiger partial charge in [0.05, 0.1) is 29.5 Å². The molecule has 3 aromatic carbocycles. The Bertz CT molecular complexity index is 1380. The summed E-state index contributed by atoms with van der Waals surface area (Å²) in [5.41, 5.74) is 11.6. The molecule has 0 spiro atoms. The monoisotopic (exact) mass is 521 g/mol. The molecule has 0 radical (unpaired) electrons. The number of fused-ring (bicyclic) bond motifs is 1. The quantitative estimate of drug-likeness (QED) is 0.309. The van der Waals surface area contributed by atoms with Gasteiger partial charge in [-0.1, -0.05) is 28.1 Å². The number of primary amides is 1. The lowest BCUT2D eigenvalue weighted by atomic mass is 10.1. The normalized spacial score (nSPS) is 11.1. The van der Waals surface area contributed by atoms with Gasteiger partial charge >= 0.3 is 0 Å². The number of carbonyl (C=O) groups excluding carboxylic acids is 1. The van der Waals surface area contributed by atoms with E-state index in [-0.39, 0.29) is 6.04 Å². The van der Waals surface area contributed by atoms with Crippen molar-refractivity contribution in [2.24, 2.45) is 12.8 Å². The summed E-state index contributed by atoms with van der Waals surface area (Å²) in [6, 6.07) is 17.5. The van der Waals surface area contributed by atoms with E-state index >= 15 is 0 Å². The van der Waals surface area contributed by atoms with Crippen molar-refractivity contribution >= 4 is 55.9 Å². The molecule has 1 amide bonds. The molecule has 0 fully saturated rings.